The summed E-state index contributed by atoms with van der Waals surface area (Å²) in [5, 5.41) is 3.25. The molecule has 2 heteroatoms. The molecule has 0 aromatic heterocycles. The minimum atomic E-state index is -2.21. The molecular formula is C30H40OSi. The van der Waals surface area contributed by atoms with Crippen LogP contribution in [0.1, 0.15) is 73.6 Å². The van der Waals surface area contributed by atoms with Crippen molar-refractivity contribution in [3.63, 3.8) is 0 Å². The quantitative estimate of drug-likeness (QED) is 0.486. The van der Waals surface area contributed by atoms with Crippen LogP contribution in [0.2, 0.25) is 10.6 Å². The second kappa shape index (κ2) is 6.92. The fraction of sp³-hybridized carbons (Fsp3) is 0.567. The third-order valence-corrected chi connectivity index (χ3v) is 16.6. The lowest BCUT2D eigenvalue weighted by Crippen LogP contribution is -2.67. The van der Waals surface area contributed by atoms with Crippen LogP contribution < -0.4 is 10.4 Å². The van der Waals surface area contributed by atoms with E-state index in [9.17, 15) is 4.79 Å². The van der Waals surface area contributed by atoms with Crippen LogP contribution in [-0.4, -0.2) is 13.9 Å². The first-order valence-corrected chi connectivity index (χ1v) is 14.7. The van der Waals surface area contributed by atoms with Crippen LogP contribution in [0.25, 0.3) is 0 Å². The van der Waals surface area contributed by atoms with Gasteiger partial charge in [0.2, 0.25) is 0 Å². The van der Waals surface area contributed by atoms with Crippen LogP contribution in [0.3, 0.4) is 0 Å². The van der Waals surface area contributed by atoms with Gasteiger partial charge < -0.3 is 0 Å². The van der Waals surface area contributed by atoms with Crippen molar-refractivity contribution in [3.05, 3.63) is 60.7 Å². The predicted molar refractivity (Wildman–Crippen MR) is 137 cm³/mol. The van der Waals surface area contributed by atoms with Gasteiger partial charge in [0, 0.05) is 10.8 Å². The molecule has 2 aromatic carbocycles. The fourth-order valence-corrected chi connectivity index (χ4v) is 16.2. The highest BCUT2D eigenvalue weighted by Gasteiger charge is 2.74. The maximum absolute atomic E-state index is 14.1. The van der Waals surface area contributed by atoms with Crippen LogP contribution in [0.4, 0.5) is 0 Å². The van der Waals surface area contributed by atoms with Crippen LogP contribution in [-0.2, 0) is 4.79 Å². The van der Waals surface area contributed by atoms with Gasteiger partial charge in [-0.25, -0.2) is 0 Å². The Balaban J connectivity index is 1.73. The summed E-state index contributed by atoms with van der Waals surface area (Å²) in [6.45, 7) is 14.3. The molecule has 0 unspecified atom stereocenters. The van der Waals surface area contributed by atoms with Crippen molar-refractivity contribution < 1.29 is 4.79 Å². The van der Waals surface area contributed by atoms with Crippen molar-refractivity contribution in [3.8, 4) is 0 Å². The maximum Gasteiger partial charge on any atom is 0.145 e. The monoisotopic (exact) mass is 444 g/mol. The lowest BCUT2D eigenvalue weighted by molar-refractivity contribution is -0.135. The summed E-state index contributed by atoms with van der Waals surface area (Å²) in [6, 6.07) is 22.8. The second-order valence-electron chi connectivity index (χ2n) is 13.1. The Kier molecular flexibility index (Phi) is 4.78. The zero-order valence-corrected chi connectivity index (χ0v) is 21.9. The third-order valence-electron chi connectivity index (χ3n) is 10.1. The Hall–Kier alpha value is -1.67. The van der Waals surface area contributed by atoms with E-state index in [0.717, 1.165) is 12.8 Å². The minimum absolute atomic E-state index is 0.103. The molecule has 4 atom stereocenters. The molecular weight excluding hydrogens is 404 g/mol. The highest BCUT2D eigenvalue weighted by atomic mass is 28.3. The molecule has 170 valence electrons. The number of carbonyl (C=O) groups is 1. The summed E-state index contributed by atoms with van der Waals surface area (Å²) >= 11 is 0. The number of rotatable bonds is 3. The number of ketones is 1. The van der Waals surface area contributed by atoms with E-state index in [-0.39, 0.29) is 21.3 Å². The van der Waals surface area contributed by atoms with Crippen molar-refractivity contribution in [2.24, 2.45) is 22.2 Å². The largest absolute Gasteiger partial charge is 0.298 e. The van der Waals surface area contributed by atoms with E-state index < -0.39 is 8.07 Å². The molecule has 0 N–H and O–H groups in total. The van der Waals surface area contributed by atoms with Crippen LogP contribution in [0, 0.1) is 22.2 Å². The summed E-state index contributed by atoms with van der Waals surface area (Å²) < 4.78 is 0. The lowest BCUT2D eigenvalue weighted by atomic mass is 9.66. The smallest absolute Gasteiger partial charge is 0.145 e. The number of Topliss-reactive ketones (excluding diaryl/α,β-unsaturated/α-hetero) is 1. The van der Waals surface area contributed by atoms with Gasteiger partial charge in [-0.3, -0.25) is 4.79 Å². The van der Waals surface area contributed by atoms with E-state index >= 15 is 0 Å². The van der Waals surface area contributed by atoms with Crippen molar-refractivity contribution in [1.29, 1.82) is 0 Å². The Morgan fingerprint density at radius 1 is 0.875 bits per heavy atom. The molecule has 32 heavy (non-hydrogen) atoms. The molecule has 1 spiro atoms. The standard InChI is InChI=1S/C30H40OSi/c1-27(2,3)32(23-13-9-7-10-14-23,24-15-11-8-12-16-24)25-19-22-17-18-29(6)21-28(4,5)26(31)30(22,29)20-25/h7-16,22,25H,17-21H2,1-6H3/t22-,25+,29-,30+/m0/s1. The van der Waals surface area contributed by atoms with Gasteiger partial charge in [-0.15, -0.1) is 0 Å². The third kappa shape index (κ3) is 2.65. The predicted octanol–water partition coefficient (Wildman–Crippen LogP) is 6.62. The molecule has 0 amide bonds. The fourth-order valence-electron chi connectivity index (χ4n) is 9.31. The summed E-state index contributed by atoms with van der Waals surface area (Å²) in [5.41, 5.74) is 0.496. The molecule has 3 fully saturated rings. The molecule has 3 saturated carbocycles. The molecule has 0 radical (unpaired) electrons. The Morgan fingerprint density at radius 2 is 1.41 bits per heavy atom. The minimum Gasteiger partial charge on any atom is -0.298 e. The normalized spacial score (nSPS) is 33.9. The Labute approximate surface area is 196 Å². The van der Waals surface area contributed by atoms with Crippen LogP contribution in [0.15, 0.2) is 60.7 Å². The molecule has 0 aliphatic heterocycles. The second-order valence-corrected chi connectivity index (χ2v) is 18.2. The number of carbonyl (C=O) groups excluding carboxylic acids is 1. The van der Waals surface area contributed by atoms with Gasteiger partial charge in [-0.05, 0) is 54.0 Å². The zero-order chi connectivity index (χ0) is 23.0. The van der Waals surface area contributed by atoms with E-state index in [4.69, 9.17) is 0 Å². The maximum atomic E-state index is 14.1. The van der Waals surface area contributed by atoms with Gasteiger partial charge in [0.15, 0.2) is 0 Å². The topological polar surface area (TPSA) is 17.1 Å². The molecule has 5 rings (SSSR count). The first-order chi connectivity index (χ1) is 15.0. The Morgan fingerprint density at radius 3 is 1.91 bits per heavy atom. The highest BCUT2D eigenvalue weighted by molar-refractivity contribution is 7.05. The molecule has 3 aliphatic carbocycles. The van der Waals surface area contributed by atoms with E-state index in [1.807, 2.05) is 0 Å². The van der Waals surface area contributed by atoms with E-state index in [0.29, 0.717) is 17.2 Å². The molecule has 3 aliphatic rings. The van der Waals surface area contributed by atoms with Crippen molar-refractivity contribution in [1.82, 2.24) is 0 Å². The highest BCUT2D eigenvalue weighted by Crippen LogP contribution is 2.76. The van der Waals surface area contributed by atoms with Gasteiger partial charge in [0.25, 0.3) is 0 Å². The summed E-state index contributed by atoms with van der Waals surface area (Å²) in [5.74, 6) is 1.16. The summed E-state index contributed by atoms with van der Waals surface area (Å²) in [6.07, 6.45) is 5.88. The zero-order valence-electron chi connectivity index (χ0n) is 20.9. The van der Waals surface area contributed by atoms with E-state index in [1.165, 1.54) is 19.3 Å². The van der Waals surface area contributed by atoms with Crippen LogP contribution in [0.5, 0.6) is 0 Å². The SMILES string of the molecule is CC1(C)C[C@]2(C)CC[C@H]3C[C@@H]([Si](c4ccccc4)(c4ccccc4)C(C)(C)C)C[C@]32C1=O. The van der Waals surface area contributed by atoms with Crippen molar-refractivity contribution in [2.75, 3.05) is 0 Å². The van der Waals surface area contributed by atoms with Crippen molar-refractivity contribution >= 4 is 24.2 Å². The van der Waals surface area contributed by atoms with Gasteiger partial charge in [0.1, 0.15) is 13.9 Å². The van der Waals surface area contributed by atoms with Crippen LogP contribution >= 0.6 is 0 Å². The van der Waals surface area contributed by atoms with E-state index in [2.05, 4.69) is 102 Å². The van der Waals surface area contributed by atoms with E-state index in [1.54, 1.807) is 10.4 Å². The molecule has 0 heterocycles. The average Bonchev–Trinajstić information content (AvgIpc) is 3.28. The van der Waals surface area contributed by atoms with Gasteiger partial charge in [0.05, 0.1) is 0 Å². The van der Waals surface area contributed by atoms with Gasteiger partial charge in [-0.2, -0.15) is 0 Å². The summed E-state index contributed by atoms with van der Waals surface area (Å²) in [4.78, 5) is 14.1. The lowest BCUT2D eigenvalue weighted by Gasteiger charge is -2.49. The molecule has 2 aromatic rings. The van der Waals surface area contributed by atoms with Crippen molar-refractivity contribution in [2.45, 2.75) is 84.2 Å². The Bertz CT molecular complexity index is 978. The first-order valence-electron chi connectivity index (χ1n) is 12.7. The average molecular weight is 445 g/mol. The number of benzene rings is 2. The van der Waals surface area contributed by atoms with Gasteiger partial charge in [-0.1, -0.05) is 113 Å². The van der Waals surface area contributed by atoms with Gasteiger partial charge >= 0.3 is 0 Å². The summed E-state index contributed by atoms with van der Waals surface area (Å²) in [7, 11) is -2.21. The molecule has 0 bridgehead atoms. The first kappa shape index (κ1) is 22.1. The number of hydrogen-bond donors (Lipinski definition) is 0. The molecule has 0 saturated heterocycles. The number of hydrogen-bond acceptors (Lipinski definition) is 1. The molecule has 1 nitrogen and oxygen atoms in total.